The van der Waals surface area contributed by atoms with Crippen molar-refractivity contribution in [2.45, 2.75) is 15.0 Å². The summed E-state index contributed by atoms with van der Waals surface area (Å²) in [5, 5.41) is 5.05. The lowest BCUT2D eigenvalue weighted by atomic mass is 10.2. The zero-order valence-corrected chi connectivity index (χ0v) is 17.6. The minimum Gasteiger partial charge on any atom is -0.322 e. The lowest BCUT2D eigenvalue weighted by Gasteiger charge is -2.09. The standard InChI is InChI=1S/C19H15N3OS4/c1-24-19-22-15-7-6-12(8-17(15)27-19)21-18(23)14-4-2-3-5-16(14)26-10-13-9-25-11-20-13/h2-9,11H,10H2,1H3,(H,21,23). The Hall–Kier alpha value is -1.87. The van der Waals surface area contributed by atoms with Gasteiger partial charge in [-0.15, -0.1) is 34.4 Å². The van der Waals surface area contributed by atoms with E-state index in [1.807, 2.05) is 59.6 Å². The Morgan fingerprint density at radius 2 is 2.11 bits per heavy atom. The quantitative estimate of drug-likeness (QED) is 0.380. The van der Waals surface area contributed by atoms with Crippen molar-refractivity contribution in [2.75, 3.05) is 11.6 Å². The van der Waals surface area contributed by atoms with Gasteiger partial charge in [0.25, 0.3) is 5.91 Å². The van der Waals surface area contributed by atoms with E-state index in [9.17, 15) is 4.79 Å². The molecule has 2 heterocycles. The molecule has 27 heavy (non-hydrogen) atoms. The number of fused-ring (bicyclic) bond motifs is 1. The molecule has 4 rings (SSSR count). The van der Waals surface area contributed by atoms with E-state index in [2.05, 4.69) is 15.3 Å². The first-order chi connectivity index (χ1) is 13.2. The molecule has 136 valence electrons. The van der Waals surface area contributed by atoms with Gasteiger partial charge in [-0.1, -0.05) is 23.9 Å². The summed E-state index contributed by atoms with van der Waals surface area (Å²) >= 11 is 6.47. The normalized spacial score (nSPS) is 11.0. The van der Waals surface area contributed by atoms with Crippen LogP contribution in [0.5, 0.6) is 0 Å². The van der Waals surface area contributed by atoms with Crippen LogP contribution in [0.1, 0.15) is 16.1 Å². The van der Waals surface area contributed by atoms with Gasteiger partial charge in [0.2, 0.25) is 0 Å². The van der Waals surface area contributed by atoms with Crippen molar-refractivity contribution >= 4 is 68.0 Å². The number of nitrogens with zero attached hydrogens (tertiary/aromatic N) is 2. The molecule has 4 nitrogen and oxygen atoms in total. The molecule has 0 atom stereocenters. The molecule has 0 spiro atoms. The lowest BCUT2D eigenvalue weighted by molar-refractivity contribution is 0.102. The third-order valence-corrected chi connectivity index (χ3v) is 7.54. The molecule has 0 bridgehead atoms. The van der Waals surface area contributed by atoms with Crippen molar-refractivity contribution in [3.05, 3.63) is 64.6 Å². The van der Waals surface area contributed by atoms with Crippen LogP contribution in [-0.2, 0) is 5.75 Å². The van der Waals surface area contributed by atoms with Gasteiger partial charge < -0.3 is 5.32 Å². The largest absolute Gasteiger partial charge is 0.322 e. The Bertz CT molecular complexity index is 1080. The molecule has 0 saturated heterocycles. The van der Waals surface area contributed by atoms with E-state index in [1.54, 1.807) is 46.2 Å². The molecule has 1 amide bonds. The highest BCUT2D eigenvalue weighted by Crippen LogP contribution is 2.31. The van der Waals surface area contributed by atoms with Crippen LogP contribution in [0, 0.1) is 0 Å². The van der Waals surface area contributed by atoms with Gasteiger partial charge in [-0.25, -0.2) is 9.97 Å². The Morgan fingerprint density at radius 1 is 1.22 bits per heavy atom. The molecule has 2 aromatic carbocycles. The molecule has 0 aliphatic heterocycles. The number of rotatable bonds is 6. The molecule has 0 unspecified atom stereocenters. The number of anilines is 1. The van der Waals surface area contributed by atoms with Gasteiger partial charge in [0.05, 0.1) is 27.0 Å². The SMILES string of the molecule is CSc1nc2ccc(NC(=O)c3ccccc3SCc3cscn3)cc2s1. The summed E-state index contributed by atoms with van der Waals surface area (Å²) in [7, 11) is 0. The van der Waals surface area contributed by atoms with Crippen molar-refractivity contribution in [3.63, 3.8) is 0 Å². The number of aromatic nitrogens is 2. The number of hydrogen-bond acceptors (Lipinski definition) is 7. The molecular formula is C19H15N3OS4. The third kappa shape index (κ3) is 4.35. The van der Waals surface area contributed by atoms with E-state index in [0.717, 1.165) is 36.6 Å². The molecule has 1 N–H and O–H groups in total. The maximum absolute atomic E-state index is 12.8. The highest BCUT2D eigenvalue weighted by molar-refractivity contribution is 8.00. The Labute approximate surface area is 173 Å². The fourth-order valence-electron chi connectivity index (χ4n) is 2.51. The Kier molecular flexibility index (Phi) is 5.77. The molecule has 0 fully saturated rings. The van der Waals surface area contributed by atoms with E-state index < -0.39 is 0 Å². The molecular weight excluding hydrogens is 414 g/mol. The summed E-state index contributed by atoms with van der Waals surface area (Å²) in [6.07, 6.45) is 2.01. The number of nitrogens with one attached hydrogen (secondary N) is 1. The summed E-state index contributed by atoms with van der Waals surface area (Å²) in [6, 6.07) is 13.5. The average molecular weight is 430 g/mol. The van der Waals surface area contributed by atoms with E-state index >= 15 is 0 Å². The first kappa shape index (κ1) is 18.5. The topological polar surface area (TPSA) is 54.9 Å². The van der Waals surface area contributed by atoms with Gasteiger partial charge in [0.1, 0.15) is 0 Å². The van der Waals surface area contributed by atoms with E-state index in [4.69, 9.17) is 0 Å². The van der Waals surface area contributed by atoms with Crippen LogP contribution in [0.25, 0.3) is 10.2 Å². The van der Waals surface area contributed by atoms with Gasteiger partial charge in [0.15, 0.2) is 4.34 Å². The van der Waals surface area contributed by atoms with Crippen molar-refractivity contribution in [1.82, 2.24) is 9.97 Å². The van der Waals surface area contributed by atoms with Gasteiger partial charge in [-0.2, -0.15) is 0 Å². The highest BCUT2D eigenvalue weighted by atomic mass is 32.2. The highest BCUT2D eigenvalue weighted by Gasteiger charge is 2.13. The summed E-state index contributed by atoms with van der Waals surface area (Å²) in [4.78, 5) is 22.6. The van der Waals surface area contributed by atoms with E-state index in [0.29, 0.717) is 5.56 Å². The number of thiazole rings is 2. The van der Waals surface area contributed by atoms with Crippen LogP contribution in [0.4, 0.5) is 5.69 Å². The van der Waals surface area contributed by atoms with Crippen molar-refractivity contribution in [2.24, 2.45) is 0 Å². The molecule has 0 saturated carbocycles. The maximum Gasteiger partial charge on any atom is 0.256 e. The van der Waals surface area contributed by atoms with Crippen LogP contribution in [0.2, 0.25) is 0 Å². The fraction of sp³-hybridized carbons (Fsp3) is 0.105. The molecule has 8 heteroatoms. The minimum atomic E-state index is -0.106. The smallest absolute Gasteiger partial charge is 0.256 e. The number of amides is 1. The molecule has 2 aromatic heterocycles. The number of carbonyl (C=O) groups is 1. The summed E-state index contributed by atoms with van der Waals surface area (Å²) in [5.41, 5.74) is 5.27. The number of thioether (sulfide) groups is 2. The summed E-state index contributed by atoms with van der Waals surface area (Å²) in [5.74, 6) is 0.642. The Balaban J connectivity index is 1.52. The van der Waals surface area contributed by atoms with Gasteiger partial charge in [-0.05, 0) is 36.6 Å². The van der Waals surface area contributed by atoms with Crippen molar-refractivity contribution < 1.29 is 4.79 Å². The van der Waals surface area contributed by atoms with Crippen LogP contribution >= 0.6 is 46.2 Å². The van der Waals surface area contributed by atoms with Crippen LogP contribution in [0.15, 0.2) is 62.6 Å². The second-order valence-corrected chi connectivity index (χ2v) is 9.41. The zero-order chi connectivity index (χ0) is 18.6. The predicted molar refractivity (Wildman–Crippen MR) is 117 cm³/mol. The minimum absolute atomic E-state index is 0.106. The van der Waals surface area contributed by atoms with Gasteiger partial charge in [-0.3, -0.25) is 4.79 Å². The van der Waals surface area contributed by atoms with Crippen LogP contribution in [-0.4, -0.2) is 22.1 Å². The van der Waals surface area contributed by atoms with Crippen LogP contribution in [0.3, 0.4) is 0 Å². The van der Waals surface area contributed by atoms with Gasteiger partial charge in [0, 0.05) is 21.7 Å². The van der Waals surface area contributed by atoms with E-state index in [-0.39, 0.29) is 5.91 Å². The maximum atomic E-state index is 12.8. The molecule has 0 radical (unpaired) electrons. The van der Waals surface area contributed by atoms with Crippen molar-refractivity contribution in [1.29, 1.82) is 0 Å². The second-order valence-electron chi connectivity index (χ2n) is 5.59. The second kappa shape index (κ2) is 8.43. The fourth-order valence-corrected chi connectivity index (χ4v) is 5.65. The van der Waals surface area contributed by atoms with E-state index in [1.165, 1.54) is 0 Å². The average Bonchev–Trinajstić information content (AvgIpc) is 3.35. The molecule has 0 aliphatic rings. The number of hydrogen-bond donors (Lipinski definition) is 1. The number of benzene rings is 2. The first-order valence-electron chi connectivity index (χ1n) is 8.08. The lowest BCUT2D eigenvalue weighted by Crippen LogP contribution is -2.12. The van der Waals surface area contributed by atoms with Crippen LogP contribution < -0.4 is 5.32 Å². The van der Waals surface area contributed by atoms with Crippen molar-refractivity contribution in [3.8, 4) is 0 Å². The Morgan fingerprint density at radius 3 is 2.93 bits per heavy atom. The predicted octanol–water partition coefficient (Wildman–Crippen LogP) is 6.02. The first-order valence-corrected chi connectivity index (χ1v) is 12.0. The zero-order valence-electron chi connectivity index (χ0n) is 14.3. The number of carbonyl (C=O) groups excluding carboxylic acids is 1. The van der Waals surface area contributed by atoms with Gasteiger partial charge >= 0.3 is 0 Å². The molecule has 4 aromatic rings. The summed E-state index contributed by atoms with van der Waals surface area (Å²) in [6.45, 7) is 0. The monoisotopic (exact) mass is 429 g/mol. The molecule has 0 aliphatic carbocycles. The third-order valence-electron chi connectivity index (χ3n) is 3.79. The summed E-state index contributed by atoms with van der Waals surface area (Å²) < 4.78 is 2.10.